The lowest BCUT2D eigenvalue weighted by molar-refractivity contribution is -0.384. The molecule has 1 aromatic carbocycles. The van der Waals surface area contributed by atoms with E-state index in [9.17, 15) is 14.9 Å². The van der Waals surface area contributed by atoms with Crippen LogP contribution >= 0.6 is 11.3 Å². The van der Waals surface area contributed by atoms with Gasteiger partial charge in [0.1, 0.15) is 0 Å². The number of nitro benzene ring substituents is 1. The van der Waals surface area contributed by atoms with Crippen LogP contribution in [0.2, 0.25) is 0 Å². The molecule has 0 unspecified atom stereocenters. The van der Waals surface area contributed by atoms with Crippen molar-refractivity contribution in [2.24, 2.45) is 0 Å². The van der Waals surface area contributed by atoms with Crippen LogP contribution in [-0.4, -0.2) is 17.4 Å². The summed E-state index contributed by atoms with van der Waals surface area (Å²) in [4.78, 5) is 27.5. The molecule has 130 valence electrons. The van der Waals surface area contributed by atoms with Crippen molar-refractivity contribution in [2.45, 2.75) is 44.9 Å². The van der Waals surface area contributed by atoms with E-state index < -0.39 is 4.92 Å². The van der Waals surface area contributed by atoms with Gasteiger partial charge in [0.25, 0.3) is 11.6 Å². The van der Waals surface area contributed by atoms with E-state index in [-0.39, 0.29) is 11.6 Å². The van der Waals surface area contributed by atoms with E-state index in [0.717, 1.165) is 29.7 Å². The van der Waals surface area contributed by atoms with Gasteiger partial charge >= 0.3 is 0 Å². The zero-order valence-corrected chi connectivity index (χ0v) is 14.8. The maximum absolute atomic E-state index is 13.0. The molecule has 2 heterocycles. The van der Waals surface area contributed by atoms with E-state index in [4.69, 9.17) is 0 Å². The summed E-state index contributed by atoms with van der Waals surface area (Å²) in [7, 11) is 0. The van der Waals surface area contributed by atoms with Gasteiger partial charge in [0.15, 0.2) is 0 Å². The second-order valence-electron chi connectivity index (χ2n) is 6.75. The molecule has 6 heteroatoms. The molecule has 0 spiro atoms. The van der Waals surface area contributed by atoms with Crippen molar-refractivity contribution in [3.63, 3.8) is 0 Å². The lowest BCUT2D eigenvalue weighted by atomic mass is 10.00. The molecule has 25 heavy (non-hydrogen) atoms. The number of amides is 1. The summed E-state index contributed by atoms with van der Waals surface area (Å²) in [6.07, 6.45) is 7.79. The van der Waals surface area contributed by atoms with E-state index in [1.165, 1.54) is 48.3 Å². The maximum Gasteiger partial charge on any atom is 0.271 e. The first kappa shape index (κ1) is 16.3. The number of anilines is 1. The Hall–Kier alpha value is -2.21. The number of aryl methyl sites for hydroxylation is 2. The van der Waals surface area contributed by atoms with Gasteiger partial charge in [-0.25, -0.2) is 0 Å². The van der Waals surface area contributed by atoms with Crippen LogP contribution in [0.25, 0.3) is 0 Å². The molecular formula is C19H20N2O3S. The van der Waals surface area contributed by atoms with Crippen LogP contribution < -0.4 is 4.90 Å². The summed E-state index contributed by atoms with van der Waals surface area (Å²) in [5.41, 5.74) is 3.07. The van der Waals surface area contributed by atoms with Gasteiger partial charge in [-0.15, -0.1) is 11.3 Å². The van der Waals surface area contributed by atoms with Gasteiger partial charge in [-0.3, -0.25) is 14.9 Å². The number of carbonyl (C=O) groups excluding carboxylic acids is 1. The number of non-ortho nitro benzene ring substituents is 1. The van der Waals surface area contributed by atoms with Gasteiger partial charge in [-0.05, 0) is 49.3 Å². The Bertz CT molecular complexity index is 818. The zero-order valence-electron chi connectivity index (χ0n) is 14.0. The third-order valence-electron chi connectivity index (χ3n) is 5.13. The van der Waals surface area contributed by atoms with Crippen LogP contribution in [0.3, 0.4) is 0 Å². The fourth-order valence-corrected chi connectivity index (χ4v) is 4.98. The van der Waals surface area contributed by atoms with Crippen LogP contribution in [-0.2, 0) is 19.3 Å². The number of nitro groups is 1. The Kier molecular flexibility index (Phi) is 4.29. The van der Waals surface area contributed by atoms with Crippen LogP contribution in [0.15, 0.2) is 24.3 Å². The summed E-state index contributed by atoms with van der Waals surface area (Å²) in [6.45, 7) is 0.595. The highest BCUT2D eigenvalue weighted by Crippen LogP contribution is 2.35. The summed E-state index contributed by atoms with van der Waals surface area (Å²) < 4.78 is 0. The van der Waals surface area contributed by atoms with Crippen molar-refractivity contribution in [1.82, 2.24) is 0 Å². The van der Waals surface area contributed by atoms with E-state index in [1.807, 2.05) is 0 Å². The highest BCUT2D eigenvalue weighted by molar-refractivity contribution is 7.14. The second kappa shape index (κ2) is 6.59. The lowest BCUT2D eigenvalue weighted by Gasteiger charge is -2.16. The van der Waals surface area contributed by atoms with Crippen molar-refractivity contribution in [3.8, 4) is 0 Å². The number of hydrogen-bond acceptors (Lipinski definition) is 4. The molecule has 1 aliphatic heterocycles. The van der Waals surface area contributed by atoms with E-state index in [0.29, 0.717) is 12.2 Å². The number of carbonyl (C=O) groups is 1. The average molecular weight is 356 g/mol. The van der Waals surface area contributed by atoms with Crippen molar-refractivity contribution < 1.29 is 9.72 Å². The van der Waals surface area contributed by atoms with Crippen molar-refractivity contribution >= 4 is 28.6 Å². The molecule has 0 N–H and O–H groups in total. The smallest absolute Gasteiger partial charge is 0.271 e. The number of nitrogens with zero attached hydrogens (tertiary/aromatic N) is 2. The van der Waals surface area contributed by atoms with E-state index in [2.05, 4.69) is 6.07 Å². The number of hydrogen-bond donors (Lipinski definition) is 0. The third-order valence-corrected chi connectivity index (χ3v) is 6.35. The van der Waals surface area contributed by atoms with Gasteiger partial charge in [-0.2, -0.15) is 0 Å². The molecule has 0 saturated heterocycles. The Labute approximate surface area is 150 Å². The van der Waals surface area contributed by atoms with Crippen LogP contribution in [0, 0.1) is 10.1 Å². The summed E-state index contributed by atoms with van der Waals surface area (Å²) in [5, 5.41) is 11.0. The number of fused-ring (bicyclic) bond motifs is 2. The second-order valence-corrected chi connectivity index (χ2v) is 7.89. The minimum absolute atomic E-state index is 0.0176. The quantitative estimate of drug-likeness (QED) is 0.587. The first-order chi connectivity index (χ1) is 12.1. The van der Waals surface area contributed by atoms with Crippen LogP contribution in [0.5, 0.6) is 0 Å². The average Bonchev–Trinajstić information content (AvgIpc) is 3.17. The zero-order chi connectivity index (χ0) is 17.4. The van der Waals surface area contributed by atoms with Gasteiger partial charge in [0, 0.05) is 23.6 Å². The van der Waals surface area contributed by atoms with E-state index >= 15 is 0 Å². The molecule has 1 aliphatic carbocycles. The lowest BCUT2D eigenvalue weighted by Crippen LogP contribution is -2.28. The monoisotopic (exact) mass is 356 g/mol. The minimum Gasteiger partial charge on any atom is -0.307 e. The van der Waals surface area contributed by atoms with Crippen LogP contribution in [0.4, 0.5) is 11.4 Å². The van der Waals surface area contributed by atoms with Gasteiger partial charge < -0.3 is 4.90 Å². The van der Waals surface area contributed by atoms with Gasteiger partial charge in [0.2, 0.25) is 0 Å². The fourth-order valence-electron chi connectivity index (χ4n) is 3.77. The number of thiophene rings is 1. The normalized spacial score (nSPS) is 16.7. The molecule has 4 rings (SSSR count). The predicted molar refractivity (Wildman–Crippen MR) is 98.7 cm³/mol. The van der Waals surface area contributed by atoms with Crippen LogP contribution in [0.1, 0.15) is 51.4 Å². The molecule has 0 bridgehead atoms. The predicted octanol–water partition coefficient (Wildman–Crippen LogP) is 4.52. The van der Waals surface area contributed by atoms with Gasteiger partial charge in [0.05, 0.1) is 15.5 Å². The number of rotatable bonds is 2. The molecule has 1 amide bonds. The molecule has 0 atom stereocenters. The summed E-state index contributed by atoms with van der Waals surface area (Å²) >= 11 is 1.61. The molecule has 2 aliphatic rings. The molecule has 2 aromatic rings. The van der Waals surface area contributed by atoms with E-state index in [1.54, 1.807) is 22.3 Å². The van der Waals surface area contributed by atoms with Crippen molar-refractivity contribution in [2.75, 3.05) is 11.4 Å². The molecule has 0 radical (unpaired) electrons. The third kappa shape index (κ3) is 3.06. The SMILES string of the molecule is O=C(c1cc2c(s1)CCCCCC2)N1CCc2ccc([N+](=O)[O-])cc21. The molecule has 0 saturated carbocycles. The van der Waals surface area contributed by atoms with Crippen molar-refractivity contribution in [3.05, 3.63) is 55.3 Å². The summed E-state index contributed by atoms with van der Waals surface area (Å²) in [6, 6.07) is 6.88. The minimum atomic E-state index is -0.405. The topological polar surface area (TPSA) is 63.5 Å². The summed E-state index contributed by atoms with van der Waals surface area (Å²) in [5.74, 6) is -0.0176. The molecule has 0 fully saturated rings. The maximum atomic E-state index is 13.0. The Morgan fingerprint density at radius 3 is 2.64 bits per heavy atom. The Balaban J connectivity index is 1.64. The molecular weight excluding hydrogens is 336 g/mol. The Morgan fingerprint density at radius 1 is 1.04 bits per heavy atom. The van der Waals surface area contributed by atoms with Gasteiger partial charge in [-0.1, -0.05) is 18.9 Å². The first-order valence-corrected chi connectivity index (χ1v) is 9.66. The number of benzene rings is 1. The highest BCUT2D eigenvalue weighted by Gasteiger charge is 2.29. The Morgan fingerprint density at radius 2 is 1.84 bits per heavy atom. The standard InChI is InChI=1S/C19H20N2O3S/c22-19(18-11-14-5-3-1-2-4-6-17(14)25-18)20-10-9-13-7-8-15(21(23)24)12-16(13)20/h7-8,11-12H,1-6,9-10H2. The molecule has 1 aromatic heterocycles. The first-order valence-electron chi connectivity index (χ1n) is 8.84. The largest absolute Gasteiger partial charge is 0.307 e. The molecule has 5 nitrogen and oxygen atoms in total. The highest BCUT2D eigenvalue weighted by atomic mass is 32.1. The fraction of sp³-hybridized carbons (Fsp3) is 0.421. The van der Waals surface area contributed by atoms with Crippen molar-refractivity contribution in [1.29, 1.82) is 0 Å².